The quantitative estimate of drug-likeness (QED) is 0.0675. The Morgan fingerprint density at radius 2 is 1.75 bits per heavy atom. The van der Waals surface area contributed by atoms with Crippen molar-refractivity contribution in [3.63, 3.8) is 0 Å². The van der Waals surface area contributed by atoms with Gasteiger partial charge in [0.1, 0.15) is 24.5 Å². The number of aryl methyl sites for hydroxylation is 1. The zero-order valence-electron chi connectivity index (χ0n) is 29.5. The van der Waals surface area contributed by atoms with Crippen molar-refractivity contribution in [1.82, 2.24) is 25.9 Å². The Bertz CT molecular complexity index is 1950. The summed E-state index contributed by atoms with van der Waals surface area (Å²) in [6.45, 7) is 3.36. The number of nitrogens with one attached hydrogen (secondary N) is 4. The first-order chi connectivity index (χ1) is 25.1. The van der Waals surface area contributed by atoms with Gasteiger partial charge in [-0.1, -0.05) is 5.92 Å². The molecule has 17 heteroatoms. The van der Waals surface area contributed by atoms with E-state index < -0.39 is 63.1 Å². The van der Waals surface area contributed by atoms with E-state index in [-0.39, 0.29) is 55.3 Å². The highest BCUT2D eigenvalue weighted by molar-refractivity contribution is 6.69. The Balaban J connectivity index is 1.40. The molecule has 0 spiro atoms. The van der Waals surface area contributed by atoms with Crippen molar-refractivity contribution in [1.29, 1.82) is 0 Å². The molecule has 1 aliphatic rings. The van der Waals surface area contributed by atoms with Gasteiger partial charge in [-0.15, -0.1) is 6.42 Å². The summed E-state index contributed by atoms with van der Waals surface area (Å²) in [5, 5.41) is 36.1. The number of benzene rings is 2. The number of aliphatic carboxylic acids is 2. The van der Waals surface area contributed by atoms with Crippen LogP contribution in [-0.2, 0) is 32.2 Å². The lowest BCUT2D eigenvalue weighted by atomic mass is 10.0. The fourth-order valence-corrected chi connectivity index (χ4v) is 6.88. The summed E-state index contributed by atoms with van der Waals surface area (Å²) in [6.07, 6.45) is 5.84. The number of aromatic nitrogens is 2. The summed E-state index contributed by atoms with van der Waals surface area (Å²) in [7, 11) is -2.45. The van der Waals surface area contributed by atoms with Crippen LogP contribution in [0.25, 0.3) is 10.9 Å². The van der Waals surface area contributed by atoms with E-state index in [1.807, 2.05) is 11.0 Å². The van der Waals surface area contributed by atoms with Crippen LogP contribution in [0.15, 0.2) is 41.2 Å². The highest BCUT2D eigenvalue weighted by Gasteiger charge is 2.30. The number of nitrogens with zero attached hydrogens (tertiary/aromatic N) is 2. The summed E-state index contributed by atoms with van der Waals surface area (Å²) in [5.74, 6) is -1.74. The number of carbonyl (C=O) groups excluding carboxylic acids is 3. The first-order valence-corrected chi connectivity index (χ1v) is 20.3. The fourth-order valence-electron chi connectivity index (χ4n) is 6.14. The zero-order chi connectivity index (χ0) is 38.9. The van der Waals surface area contributed by atoms with Crippen molar-refractivity contribution in [2.24, 2.45) is 0 Å². The van der Waals surface area contributed by atoms with Crippen molar-refractivity contribution >= 4 is 54.6 Å². The van der Waals surface area contributed by atoms with Gasteiger partial charge in [0.2, 0.25) is 11.8 Å². The maximum Gasteiger partial charge on any atom is 0.326 e. The molecule has 0 radical (unpaired) electrons. The largest absolute Gasteiger partial charge is 0.481 e. The molecule has 0 bridgehead atoms. The van der Waals surface area contributed by atoms with Gasteiger partial charge in [0.25, 0.3) is 11.5 Å². The maximum atomic E-state index is 13.1. The van der Waals surface area contributed by atoms with E-state index in [1.54, 1.807) is 31.3 Å². The molecule has 0 unspecified atom stereocenters. The van der Waals surface area contributed by atoms with Crippen molar-refractivity contribution in [3.8, 4) is 12.3 Å². The number of carbonyl (C=O) groups is 5. The minimum Gasteiger partial charge on any atom is -0.481 e. The van der Waals surface area contributed by atoms with Gasteiger partial charge in [0.15, 0.2) is 8.32 Å². The first-order valence-electron chi connectivity index (χ1n) is 17.1. The lowest BCUT2D eigenvalue weighted by molar-refractivity contribution is -0.140. The van der Waals surface area contributed by atoms with Gasteiger partial charge in [-0.25, -0.2) is 9.78 Å². The molecule has 0 saturated heterocycles. The predicted molar refractivity (Wildman–Crippen MR) is 196 cm³/mol. The van der Waals surface area contributed by atoms with Gasteiger partial charge in [0.05, 0.1) is 23.5 Å². The molecule has 0 aliphatic heterocycles. The molecule has 53 heavy (non-hydrogen) atoms. The molecule has 2 aromatic carbocycles. The van der Waals surface area contributed by atoms with Gasteiger partial charge in [-0.2, -0.15) is 0 Å². The van der Waals surface area contributed by atoms with E-state index >= 15 is 0 Å². The summed E-state index contributed by atoms with van der Waals surface area (Å²) in [5.41, 5.74) is 2.87. The molecule has 4 rings (SSSR count). The van der Waals surface area contributed by atoms with E-state index in [4.69, 9.17) is 11.5 Å². The lowest BCUT2D eigenvalue weighted by Gasteiger charge is -2.30. The molecule has 0 fully saturated rings. The number of anilines is 1. The normalized spacial score (nSPS) is 14.7. The molecule has 282 valence electrons. The molecule has 1 aromatic heterocycles. The number of rotatable bonds is 18. The predicted octanol–water partition coefficient (Wildman–Crippen LogP) is 1.17. The lowest BCUT2D eigenvalue weighted by Crippen LogP contribution is -2.48. The van der Waals surface area contributed by atoms with E-state index in [9.17, 15) is 43.8 Å². The molecule has 8 N–H and O–H groups in total. The summed E-state index contributed by atoms with van der Waals surface area (Å²) < 4.78 is 0. The molecule has 16 nitrogen and oxygen atoms in total. The molecular weight excluding hydrogens is 705 g/mol. The monoisotopic (exact) mass is 748 g/mol. The Morgan fingerprint density at radius 1 is 1.06 bits per heavy atom. The van der Waals surface area contributed by atoms with Crippen LogP contribution in [0, 0.1) is 12.3 Å². The van der Waals surface area contributed by atoms with Crippen LogP contribution in [-0.4, -0.2) is 93.2 Å². The minimum atomic E-state index is -2.45. The van der Waals surface area contributed by atoms with Gasteiger partial charge in [-0.3, -0.25) is 24.0 Å². The average Bonchev–Trinajstić information content (AvgIpc) is 3.51. The number of H-pyrrole nitrogens is 1. The van der Waals surface area contributed by atoms with E-state index in [2.05, 4.69) is 31.8 Å². The summed E-state index contributed by atoms with van der Waals surface area (Å²) >= 11 is 0. The number of fused-ring (bicyclic) bond motifs is 2. The highest BCUT2D eigenvalue weighted by Crippen LogP contribution is 2.39. The standard InChI is InChI=1S/C36H44N6O10Si/c1-4-16-42(29-12-7-22-18-28-25(19-24(22)29)34(48)41-30(20-43)38-28)23-8-5-21(6-9-23)33(47)40-27(36(50)51)10-13-31(44)39-26(11-14-32(45)46)35(49)37-15-17-53(2,3)52/h1,5-6,8-9,18-19,26-27,29,43,52H,7,10-17,20H2,2-3H3,(H,37,49)(H,39,44)(H,40,47)(H,45,46)(H,50,51)(H,38,41,48)/t26-,27+,29+/m1/s1. The van der Waals surface area contributed by atoms with Crippen LogP contribution in [0.1, 0.15) is 65.5 Å². The van der Waals surface area contributed by atoms with Gasteiger partial charge in [0, 0.05) is 30.6 Å². The second-order valence-electron chi connectivity index (χ2n) is 13.5. The second-order valence-corrected chi connectivity index (χ2v) is 17.6. The highest BCUT2D eigenvalue weighted by atomic mass is 28.4. The number of aliphatic hydroxyl groups excluding tert-OH is 1. The fraction of sp³-hybridized carbons (Fsp3) is 0.417. The SMILES string of the molecule is C#CCN(c1ccc(C(=O)N[C@@H](CCC(=O)N[C@H](CCC(=O)O)C(=O)NCC[Si](C)(C)O)C(=O)O)cc1)[C@H]1CCc2cc3nc(CO)[nH]c(=O)c3cc21. The number of aliphatic hydroxyl groups is 1. The molecule has 0 saturated carbocycles. The molecule has 3 atom stereocenters. The van der Waals surface area contributed by atoms with Gasteiger partial charge < -0.3 is 45.9 Å². The number of hydrogen-bond donors (Lipinski definition) is 8. The van der Waals surface area contributed by atoms with Crippen molar-refractivity contribution in [2.75, 3.05) is 18.0 Å². The molecular formula is C36H44N6O10Si. The summed E-state index contributed by atoms with van der Waals surface area (Å²) in [4.78, 5) is 93.3. The molecule has 1 aliphatic carbocycles. The average molecular weight is 749 g/mol. The number of aromatic amines is 1. The Kier molecular flexibility index (Phi) is 13.5. The van der Waals surface area contributed by atoms with Crippen LogP contribution in [0.4, 0.5) is 5.69 Å². The number of terminal acetylenes is 1. The van der Waals surface area contributed by atoms with E-state index in [1.165, 1.54) is 12.1 Å². The van der Waals surface area contributed by atoms with E-state index in [0.717, 1.165) is 11.1 Å². The van der Waals surface area contributed by atoms with Crippen LogP contribution in [0.5, 0.6) is 0 Å². The van der Waals surface area contributed by atoms with Crippen LogP contribution in [0.2, 0.25) is 19.1 Å². The smallest absolute Gasteiger partial charge is 0.326 e. The zero-order valence-corrected chi connectivity index (χ0v) is 30.5. The third-order valence-electron chi connectivity index (χ3n) is 8.91. The third-order valence-corrected chi connectivity index (χ3v) is 10.4. The number of amides is 3. The maximum absolute atomic E-state index is 13.1. The minimum absolute atomic E-state index is 0.142. The number of hydrogen-bond acceptors (Lipinski definition) is 10. The third kappa shape index (κ3) is 11.0. The topological polar surface area (TPSA) is 251 Å². The molecule has 1 heterocycles. The van der Waals surface area contributed by atoms with Gasteiger partial charge in [-0.05, 0) is 92.3 Å². The van der Waals surface area contributed by atoms with E-state index in [0.29, 0.717) is 35.5 Å². The molecule has 3 aromatic rings. The number of carboxylic acids is 2. The van der Waals surface area contributed by atoms with Gasteiger partial charge >= 0.3 is 11.9 Å². The van der Waals surface area contributed by atoms with Crippen LogP contribution in [0.3, 0.4) is 0 Å². The Morgan fingerprint density at radius 3 is 2.38 bits per heavy atom. The molecule has 3 amide bonds. The van der Waals surface area contributed by atoms with Crippen LogP contribution >= 0.6 is 0 Å². The van der Waals surface area contributed by atoms with Crippen molar-refractivity contribution < 1.29 is 44.1 Å². The van der Waals surface area contributed by atoms with Crippen molar-refractivity contribution in [2.45, 2.75) is 82.4 Å². The second kappa shape index (κ2) is 17.8. The number of carboxylic acid groups (broad SMARTS) is 2. The Labute approximate surface area is 306 Å². The Hall–Kier alpha value is -5.57. The van der Waals surface area contributed by atoms with Crippen molar-refractivity contribution in [3.05, 3.63) is 69.3 Å². The summed E-state index contributed by atoms with van der Waals surface area (Å²) in [6, 6.07) is 7.57. The first kappa shape index (κ1) is 40.2. The van der Waals surface area contributed by atoms with Crippen LogP contribution < -0.4 is 26.4 Å².